The molecule has 3 aromatic rings. The number of para-hydroxylation sites is 1. The fraction of sp³-hybridized carbons (Fsp3) is 0.333. The number of methoxy groups -OCH3 is 1. The molecule has 162 valence electrons. The third-order valence-electron chi connectivity index (χ3n) is 5.36. The summed E-state index contributed by atoms with van der Waals surface area (Å²) < 4.78 is 11.1. The van der Waals surface area contributed by atoms with Gasteiger partial charge in [-0.15, -0.1) is 11.3 Å². The van der Waals surface area contributed by atoms with E-state index >= 15 is 0 Å². The molecule has 0 aliphatic carbocycles. The molecule has 0 bridgehead atoms. The van der Waals surface area contributed by atoms with E-state index in [1.54, 1.807) is 18.4 Å². The van der Waals surface area contributed by atoms with Crippen LogP contribution in [0.3, 0.4) is 0 Å². The highest BCUT2D eigenvalue weighted by molar-refractivity contribution is 7.09. The van der Waals surface area contributed by atoms with Gasteiger partial charge in [-0.05, 0) is 31.2 Å². The zero-order chi connectivity index (χ0) is 21.6. The molecule has 31 heavy (non-hydrogen) atoms. The number of carbonyl (C=O) groups is 1. The minimum absolute atomic E-state index is 0.0399. The van der Waals surface area contributed by atoms with Gasteiger partial charge >= 0.3 is 0 Å². The van der Waals surface area contributed by atoms with Crippen molar-refractivity contribution in [1.82, 2.24) is 14.8 Å². The number of hydrogen-bond donors (Lipinski definition) is 0. The maximum atomic E-state index is 12.7. The number of piperazine rings is 1. The minimum Gasteiger partial charge on any atom is -0.497 e. The zero-order valence-electron chi connectivity index (χ0n) is 17.9. The second-order valence-corrected chi connectivity index (χ2v) is 8.48. The number of aromatic nitrogens is 1. The lowest BCUT2D eigenvalue weighted by Gasteiger charge is -2.35. The fourth-order valence-corrected chi connectivity index (χ4v) is 4.47. The van der Waals surface area contributed by atoms with Gasteiger partial charge in [0.1, 0.15) is 16.5 Å². The quantitative estimate of drug-likeness (QED) is 0.561. The van der Waals surface area contributed by atoms with Crippen LogP contribution in [0.2, 0.25) is 0 Å². The predicted molar refractivity (Wildman–Crippen MR) is 122 cm³/mol. The largest absolute Gasteiger partial charge is 0.497 e. The summed E-state index contributed by atoms with van der Waals surface area (Å²) in [5, 5.41) is 3.17. The summed E-state index contributed by atoms with van der Waals surface area (Å²) >= 11 is 1.67. The van der Waals surface area contributed by atoms with E-state index in [9.17, 15) is 4.79 Å². The second-order valence-electron chi connectivity index (χ2n) is 7.53. The van der Waals surface area contributed by atoms with Crippen molar-refractivity contribution >= 4 is 17.2 Å². The first-order valence-electron chi connectivity index (χ1n) is 10.4. The van der Waals surface area contributed by atoms with Crippen LogP contribution in [-0.2, 0) is 11.3 Å². The first kappa shape index (κ1) is 21.3. The molecule has 4 rings (SSSR count). The van der Waals surface area contributed by atoms with Crippen LogP contribution in [0.5, 0.6) is 11.5 Å². The van der Waals surface area contributed by atoms with Crippen LogP contribution in [0, 0.1) is 0 Å². The summed E-state index contributed by atoms with van der Waals surface area (Å²) in [5.74, 6) is 1.59. The molecule has 7 heteroatoms. The molecular formula is C24H27N3O3S. The average Bonchev–Trinajstić information content (AvgIpc) is 3.28. The molecule has 1 amide bonds. The maximum Gasteiger partial charge on any atom is 0.263 e. The van der Waals surface area contributed by atoms with Gasteiger partial charge in [0.05, 0.1) is 19.3 Å². The van der Waals surface area contributed by atoms with Crippen LogP contribution in [0.15, 0.2) is 60.0 Å². The van der Waals surface area contributed by atoms with Crippen molar-refractivity contribution in [1.29, 1.82) is 0 Å². The van der Waals surface area contributed by atoms with Crippen molar-refractivity contribution in [3.63, 3.8) is 0 Å². The summed E-state index contributed by atoms with van der Waals surface area (Å²) in [5.41, 5.74) is 2.03. The number of thiazole rings is 1. The molecule has 1 aliphatic rings. The third kappa shape index (κ3) is 5.42. The van der Waals surface area contributed by atoms with E-state index in [1.807, 2.05) is 66.4 Å². The van der Waals surface area contributed by atoms with Crippen LogP contribution >= 0.6 is 11.3 Å². The fourth-order valence-electron chi connectivity index (χ4n) is 3.63. The maximum absolute atomic E-state index is 12.7. The van der Waals surface area contributed by atoms with Crippen LogP contribution < -0.4 is 9.47 Å². The highest BCUT2D eigenvalue weighted by atomic mass is 32.1. The molecule has 0 saturated carbocycles. The Balaban J connectivity index is 1.28. The molecule has 6 nitrogen and oxygen atoms in total. The predicted octanol–water partition coefficient (Wildman–Crippen LogP) is 3.93. The van der Waals surface area contributed by atoms with E-state index < -0.39 is 6.10 Å². The molecule has 1 fully saturated rings. The summed E-state index contributed by atoms with van der Waals surface area (Å²) in [6.45, 7) is 5.69. The number of amides is 1. The standard InChI is InChI=1S/C24H27N3O3S/c1-18(30-20-8-4-3-5-9-20)24(28)27-13-11-26(12-14-27)16-23-25-22(17-31-23)19-7-6-10-21(15-19)29-2/h3-10,15,17-18H,11-14,16H2,1-2H3. The first-order chi connectivity index (χ1) is 15.1. The van der Waals surface area contributed by atoms with Crippen LogP contribution in [0.4, 0.5) is 0 Å². The first-order valence-corrected chi connectivity index (χ1v) is 11.3. The van der Waals surface area contributed by atoms with Gasteiger partial charge in [0.25, 0.3) is 5.91 Å². The van der Waals surface area contributed by atoms with Crippen LogP contribution in [0.25, 0.3) is 11.3 Å². The zero-order valence-corrected chi connectivity index (χ0v) is 18.7. The molecule has 0 N–H and O–H groups in total. The summed E-state index contributed by atoms with van der Waals surface area (Å²) in [6, 6.07) is 17.4. The van der Waals surface area contributed by atoms with Gasteiger partial charge in [0.15, 0.2) is 6.10 Å². The molecule has 1 aromatic heterocycles. The topological polar surface area (TPSA) is 54.9 Å². The highest BCUT2D eigenvalue weighted by Gasteiger charge is 2.26. The van der Waals surface area contributed by atoms with Crippen molar-refractivity contribution in [2.24, 2.45) is 0 Å². The normalized spacial score (nSPS) is 15.5. The van der Waals surface area contributed by atoms with E-state index in [-0.39, 0.29) is 5.91 Å². The van der Waals surface area contributed by atoms with Crippen molar-refractivity contribution < 1.29 is 14.3 Å². The van der Waals surface area contributed by atoms with E-state index in [2.05, 4.69) is 10.3 Å². The Morgan fingerprint density at radius 3 is 2.55 bits per heavy atom. The summed E-state index contributed by atoms with van der Waals surface area (Å²) in [6.07, 6.45) is -0.488. The Bertz CT molecular complexity index is 1000. The number of rotatable bonds is 7. The molecule has 2 heterocycles. The molecular weight excluding hydrogens is 410 g/mol. The van der Waals surface area contributed by atoms with Gasteiger partial charge in [-0.3, -0.25) is 9.69 Å². The molecule has 1 atom stereocenters. The van der Waals surface area contributed by atoms with Crippen molar-refractivity contribution in [2.75, 3.05) is 33.3 Å². The SMILES string of the molecule is COc1cccc(-c2csc(CN3CCN(C(=O)C(C)Oc4ccccc4)CC3)n2)c1. The van der Waals surface area contributed by atoms with Gasteiger partial charge in [-0.2, -0.15) is 0 Å². The van der Waals surface area contributed by atoms with E-state index in [4.69, 9.17) is 14.5 Å². The Labute approximate surface area is 187 Å². The minimum atomic E-state index is -0.488. The van der Waals surface area contributed by atoms with Crippen LogP contribution in [0.1, 0.15) is 11.9 Å². The Kier molecular flexibility index (Phi) is 6.84. The number of ether oxygens (including phenoxy) is 2. The average molecular weight is 438 g/mol. The lowest BCUT2D eigenvalue weighted by atomic mass is 10.2. The van der Waals surface area contributed by atoms with E-state index in [0.717, 1.165) is 47.4 Å². The van der Waals surface area contributed by atoms with Crippen molar-refractivity contribution in [3.8, 4) is 22.8 Å². The molecule has 0 spiro atoms. The second kappa shape index (κ2) is 9.94. The van der Waals surface area contributed by atoms with Crippen molar-refractivity contribution in [2.45, 2.75) is 19.6 Å². The lowest BCUT2D eigenvalue weighted by molar-refractivity contribution is -0.139. The summed E-state index contributed by atoms with van der Waals surface area (Å²) in [4.78, 5) is 21.8. The monoisotopic (exact) mass is 437 g/mol. The Morgan fingerprint density at radius 2 is 1.81 bits per heavy atom. The van der Waals surface area contributed by atoms with Gasteiger partial charge in [-0.1, -0.05) is 30.3 Å². The van der Waals surface area contributed by atoms with E-state index in [1.165, 1.54) is 0 Å². The Morgan fingerprint density at radius 1 is 1.06 bits per heavy atom. The van der Waals surface area contributed by atoms with Gasteiger partial charge < -0.3 is 14.4 Å². The Hall–Kier alpha value is -2.90. The molecule has 0 radical (unpaired) electrons. The highest BCUT2D eigenvalue weighted by Crippen LogP contribution is 2.26. The van der Waals surface area contributed by atoms with Gasteiger partial charge in [-0.25, -0.2) is 4.98 Å². The van der Waals surface area contributed by atoms with Gasteiger partial charge in [0.2, 0.25) is 0 Å². The number of nitrogens with zero attached hydrogens (tertiary/aromatic N) is 3. The van der Waals surface area contributed by atoms with Crippen molar-refractivity contribution in [3.05, 3.63) is 65.0 Å². The molecule has 2 aromatic carbocycles. The number of hydrogen-bond acceptors (Lipinski definition) is 6. The smallest absolute Gasteiger partial charge is 0.263 e. The third-order valence-corrected chi connectivity index (χ3v) is 6.20. The molecule has 1 saturated heterocycles. The van der Waals surface area contributed by atoms with E-state index in [0.29, 0.717) is 13.1 Å². The lowest BCUT2D eigenvalue weighted by Crippen LogP contribution is -2.51. The molecule has 1 unspecified atom stereocenters. The van der Waals surface area contributed by atoms with Crippen LogP contribution in [-0.4, -0.2) is 60.1 Å². The summed E-state index contributed by atoms with van der Waals surface area (Å²) in [7, 11) is 1.67. The molecule has 1 aliphatic heterocycles. The number of carbonyl (C=O) groups excluding carboxylic acids is 1. The van der Waals surface area contributed by atoms with Gasteiger partial charge in [0, 0.05) is 37.1 Å². The number of benzene rings is 2.